The lowest BCUT2D eigenvalue weighted by Crippen LogP contribution is -2.35. The summed E-state index contributed by atoms with van der Waals surface area (Å²) < 4.78 is 0. The Morgan fingerprint density at radius 1 is 1.00 bits per heavy atom. The van der Waals surface area contributed by atoms with Gasteiger partial charge in [-0.2, -0.15) is 0 Å². The first-order chi connectivity index (χ1) is 16.3. The zero-order valence-electron chi connectivity index (χ0n) is 17.6. The fourth-order valence-electron chi connectivity index (χ4n) is 3.51. The molecule has 4 N–H and O–H groups in total. The molecule has 1 heterocycles. The number of para-hydroxylation sites is 2. The van der Waals surface area contributed by atoms with Gasteiger partial charge < -0.3 is 15.7 Å². The maximum absolute atomic E-state index is 13.1. The van der Waals surface area contributed by atoms with E-state index in [1.807, 2.05) is 6.07 Å². The first-order valence-corrected chi connectivity index (χ1v) is 10.1. The molecule has 10 nitrogen and oxygen atoms in total. The van der Waals surface area contributed by atoms with Crippen LogP contribution in [0.1, 0.15) is 15.9 Å². The molecular formula is C24H19N4O6+. The number of hydrogen-bond donors (Lipinski definition) is 4. The number of amides is 3. The zero-order valence-corrected chi connectivity index (χ0v) is 17.6. The summed E-state index contributed by atoms with van der Waals surface area (Å²) in [7, 11) is 0. The predicted octanol–water partition coefficient (Wildman–Crippen LogP) is 2.95. The third-order valence-corrected chi connectivity index (χ3v) is 5.11. The Kier molecular flexibility index (Phi) is 6.04. The quantitative estimate of drug-likeness (QED) is 0.330. The van der Waals surface area contributed by atoms with Crippen molar-refractivity contribution in [2.24, 2.45) is 0 Å². The maximum Gasteiger partial charge on any atom is 0.317 e. The second-order valence-electron chi connectivity index (χ2n) is 7.33. The molecule has 0 atom stereocenters. The number of rotatable bonds is 6. The van der Waals surface area contributed by atoms with Crippen LogP contribution in [0.5, 0.6) is 5.75 Å². The Balaban J connectivity index is 1.55. The van der Waals surface area contributed by atoms with Crippen LogP contribution in [0.4, 0.5) is 17.1 Å². The Labute approximate surface area is 193 Å². The van der Waals surface area contributed by atoms with Crippen LogP contribution in [0, 0.1) is 4.91 Å². The molecule has 0 saturated carbocycles. The molecule has 170 valence electrons. The van der Waals surface area contributed by atoms with E-state index < -0.39 is 28.4 Å². The fourth-order valence-corrected chi connectivity index (χ4v) is 3.51. The van der Waals surface area contributed by atoms with Gasteiger partial charge in [0.2, 0.25) is 5.91 Å². The van der Waals surface area contributed by atoms with Gasteiger partial charge in [0.1, 0.15) is 12.3 Å². The molecule has 4 rings (SSSR count). The minimum absolute atomic E-state index is 0.139. The van der Waals surface area contributed by atoms with Crippen molar-refractivity contribution in [1.82, 2.24) is 5.32 Å². The summed E-state index contributed by atoms with van der Waals surface area (Å²) in [5.74, 6) is -2.12. The van der Waals surface area contributed by atoms with Crippen molar-refractivity contribution in [3.8, 4) is 5.75 Å². The van der Waals surface area contributed by atoms with Crippen LogP contribution < -0.4 is 15.5 Å². The molecule has 0 radical (unpaired) electrons. The molecular weight excluding hydrogens is 440 g/mol. The molecule has 34 heavy (non-hydrogen) atoms. The zero-order chi connectivity index (χ0) is 24.2. The molecule has 0 bridgehead atoms. The summed E-state index contributed by atoms with van der Waals surface area (Å²) in [5, 5.41) is 24.1. The van der Waals surface area contributed by atoms with Crippen LogP contribution in [0.25, 0.3) is 5.57 Å². The van der Waals surface area contributed by atoms with Gasteiger partial charge in [0, 0.05) is 29.6 Å². The number of carbonyl (C=O) groups is 3. The average Bonchev–Trinajstić information content (AvgIpc) is 3.09. The number of nitrogens with one attached hydrogen (secondary N) is 2. The molecule has 0 saturated heterocycles. The Morgan fingerprint density at radius 3 is 2.44 bits per heavy atom. The highest BCUT2D eigenvalue weighted by atomic mass is 16.6. The van der Waals surface area contributed by atoms with Crippen LogP contribution in [0.2, 0.25) is 0 Å². The number of carbonyl (C=O) groups excluding carboxylic acids is 3. The number of fused-ring (bicyclic) bond motifs is 1. The fraction of sp³-hybridized carbons (Fsp3) is 0.0417. The predicted molar refractivity (Wildman–Crippen MR) is 122 cm³/mol. The number of nitrogens with zero attached hydrogens (tertiary/aromatic N) is 2. The van der Waals surface area contributed by atoms with E-state index >= 15 is 0 Å². The summed E-state index contributed by atoms with van der Waals surface area (Å²) >= 11 is 0. The van der Waals surface area contributed by atoms with Crippen LogP contribution >= 0.6 is 0 Å². The van der Waals surface area contributed by atoms with Crippen LogP contribution in [0.15, 0.2) is 79.0 Å². The average molecular weight is 459 g/mol. The van der Waals surface area contributed by atoms with Gasteiger partial charge in [-0.1, -0.05) is 36.4 Å². The first kappa shape index (κ1) is 22.2. The number of phenols is 1. The molecule has 0 fully saturated rings. The molecule has 0 aromatic heterocycles. The van der Waals surface area contributed by atoms with E-state index in [0.29, 0.717) is 16.9 Å². The van der Waals surface area contributed by atoms with Crippen LogP contribution in [0.3, 0.4) is 0 Å². The molecule has 0 aliphatic carbocycles. The standard InChI is InChI=1S/C24H18N4O6/c29-21-11-10-16(28(33)34)12-18(21)23(31)25-13-19-17-8-4-5-9-20(17)27(24(19)32)14-22(30)26-15-6-2-1-3-7-15/h1-13H,14H2,(H3-,25,26,29,30,31,32,33,34)/p+1. The van der Waals surface area contributed by atoms with E-state index in [2.05, 4.69) is 10.6 Å². The van der Waals surface area contributed by atoms with Crippen molar-refractivity contribution in [1.29, 1.82) is 0 Å². The second kappa shape index (κ2) is 9.25. The van der Waals surface area contributed by atoms with Crippen molar-refractivity contribution in [3.63, 3.8) is 0 Å². The molecule has 1 aliphatic rings. The lowest BCUT2D eigenvalue weighted by atomic mass is 10.1. The van der Waals surface area contributed by atoms with Gasteiger partial charge in [0.15, 0.2) is 0 Å². The van der Waals surface area contributed by atoms with Crippen molar-refractivity contribution in [2.45, 2.75) is 0 Å². The number of anilines is 2. The first-order valence-electron chi connectivity index (χ1n) is 10.1. The van der Waals surface area contributed by atoms with E-state index in [4.69, 9.17) is 5.21 Å². The Bertz CT molecular complexity index is 1340. The molecule has 10 heteroatoms. The van der Waals surface area contributed by atoms with E-state index in [0.717, 1.165) is 18.2 Å². The molecule has 1 aliphatic heterocycles. The van der Waals surface area contributed by atoms with Crippen molar-refractivity contribution >= 4 is 40.4 Å². The van der Waals surface area contributed by atoms with Crippen molar-refractivity contribution < 1.29 is 29.6 Å². The maximum atomic E-state index is 13.1. The third kappa shape index (κ3) is 4.46. The molecule has 0 spiro atoms. The lowest BCUT2D eigenvalue weighted by molar-refractivity contribution is -0.729. The number of hydrogen-bond acceptors (Lipinski definition) is 5. The van der Waals surface area contributed by atoms with Gasteiger partial charge in [-0.05, 0) is 24.3 Å². The Hall–Kier alpha value is -4.99. The summed E-state index contributed by atoms with van der Waals surface area (Å²) in [6, 6.07) is 18.8. The SMILES string of the molecule is O=C(CN1C(=O)/C(=C/NC(=O)c2cc([N+](=O)O)ccc2O)c2ccccc21)Nc1ccccc1. The number of benzene rings is 3. The van der Waals surface area contributed by atoms with Crippen LogP contribution in [-0.2, 0) is 9.59 Å². The second-order valence-corrected chi connectivity index (χ2v) is 7.33. The van der Waals surface area contributed by atoms with E-state index in [9.17, 15) is 24.4 Å². The van der Waals surface area contributed by atoms with Crippen LogP contribution in [-0.4, -0.2) is 39.5 Å². The van der Waals surface area contributed by atoms with E-state index in [-0.39, 0.29) is 23.4 Å². The summed E-state index contributed by atoms with van der Waals surface area (Å²) in [4.78, 5) is 50.1. The highest BCUT2D eigenvalue weighted by molar-refractivity contribution is 6.33. The largest absolute Gasteiger partial charge is 0.507 e. The van der Waals surface area contributed by atoms with Crippen molar-refractivity contribution in [3.05, 3.63) is 95.0 Å². The topological polar surface area (TPSA) is 139 Å². The molecule has 3 aromatic carbocycles. The number of aromatic hydroxyl groups is 1. The Morgan fingerprint density at radius 2 is 1.71 bits per heavy atom. The molecule has 3 aromatic rings. The van der Waals surface area contributed by atoms with E-state index in [1.54, 1.807) is 48.5 Å². The summed E-state index contributed by atoms with van der Waals surface area (Å²) in [6.45, 7) is -0.241. The summed E-state index contributed by atoms with van der Waals surface area (Å²) in [5.41, 5.74) is 1.22. The van der Waals surface area contributed by atoms with Gasteiger partial charge in [-0.25, -0.2) is 5.21 Å². The lowest BCUT2D eigenvalue weighted by Gasteiger charge is -2.16. The van der Waals surface area contributed by atoms with Gasteiger partial charge in [0.05, 0.1) is 21.7 Å². The van der Waals surface area contributed by atoms with Gasteiger partial charge >= 0.3 is 5.69 Å². The normalized spacial score (nSPS) is 13.5. The third-order valence-electron chi connectivity index (χ3n) is 5.11. The van der Waals surface area contributed by atoms with Gasteiger partial charge in [0.25, 0.3) is 16.7 Å². The minimum Gasteiger partial charge on any atom is -0.507 e. The molecule has 0 unspecified atom stereocenters. The smallest absolute Gasteiger partial charge is 0.317 e. The summed E-state index contributed by atoms with van der Waals surface area (Å²) in [6.07, 6.45) is 1.18. The molecule has 3 amide bonds. The highest BCUT2D eigenvalue weighted by Crippen LogP contribution is 2.36. The van der Waals surface area contributed by atoms with E-state index in [1.165, 1.54) is 11.1 Å². The minimum atomic E-state index is -0.806. The number of phenolic OH excluding ortho intramolecular Hbond substituents is 1. The van der Waals surface area contributed by atoms with Gasteiger partial charge in [-0.15, -0.1) is 0 Å². The van der Waals surface area contributed by atoms with Crippen molar-refractivity contribution in [2.75, 3.05) is 16.8 Å². The highest BCUT2D eigenvalue weighted by Gasteiger charge is 2.33. The van der Waals surface area contributed by atoms with Gasteiger partial charge in [-0.3, -0.25) is 19.3 Å². The monoisotopic (exact) mass is 459 g/mol.